The molecule has 3 nitrogen and oxygen atoms in total. The summed E-state index contributed by atoms with van der Waals surface area (Å²) in [7, 11) is 0. The minimum atomic E-state index is -5.96. The summed E-state index contributed by atoms with van der Waals surface area (Å²) in [4.78, 5) is 14.7. The lowest BCUT2D eigenvalue weighted by Gasteiger charge is -2.34. The molecule has 0 aromatic heterocycles. The van der Waals surface area contributed by atoms with E-state index in [9.17, 15) is 36.2 Å². The van der Waals surface area contributed by atoms with Gasteiger partial charge in [0.2, 0.25) is 5.91 Å². The lowest BCUT2D eigenvalue weighted by Crippen LogP contribution is -2.53. The molecule has 0 radical (unpaired) electrons. The van der Waals surface area contributed by atoms with Gasteiger partial charge in [-0.3, -0.25) is 4.79 Å². The first-order valence-electron chi connectivity index (χ1n) is 11.0. The maximum atomic E-state index is 13.3. The average molecular weight is 504 g/mol. The first-order chi connectivity index (χ1) is 15.8. The van der Waals surface area contributed by atoms with E-state index in [1.165, 1.54) is 0 Å². The largest absolute Gasteiger partial charge is 0.430 e. The molecule has 0 saturated carbocycles. The number of carbonyl (C=O) groups is 1. The fourth-order valence-corrected chi connectivity index (χ4v) is 4.34. The molecule has 194 valence electrons. The molecule has 1 aromatic carbocycles. The Morgan fingerprint density at radius 1 is 1.06 bits per heavy atom. The van der Waals surface area contributed by atoms with Gasteiger partial charge in [0.25, 0.3) is 5.60 Å². The predicted molar refractivity (Wildman–Crippen MR) is 122 cm³/mol. The SMILES string of the molecule is C=C(/C=C\C=C/C)[C@@]1(C)CN(C(=O)C(C)(C)C)C[C@H]1c1ccc(C(O)(C(F)(F)F)C(F)(F)F)cc1. The van der Waals surface area contributed by atoms with Crippen LogP contribution in [0, 0.1) is 10.8 Å². The van der Waals surface area contributed by atoms with Crippen molar-refractivity contribution in [2.24, 2.45) is 10.8 Å². The fraction of sp³-hybridized carbons (Fsp3) is 0.500. The van der Waals surface area contributed by atoms with E-state index in [2.05, 4.69) is 6.58 Å². The summed E-state index contributed by atoms with van der Waals surface area (Å²) in [6.45, 7) is 13.6. The molecule has 35 heavy (non-hydrogen) atoms. The molecule has 0 aliphatic carbocycles. The highest BCUT2D eigenvalue weighted by molar-refractivity contribution is 5.82. The Kier molecular flexibility index (Phi) is 7.77. The number of hydrogen-bond acceptors (Lipinski definition) is 2. The number of carbonyl (C=O) groups excluding carboxylic acids is 1. The summed E-state index contributed by atoms with van der Waals surface area (Å²) < 4.78 is 79.7. The topological polar surface area (TPSA) is 40.5 Å². The number of rotatable bonds is 5. The standard InChI is InChI=1S/C26H31F6NO2/c1-7-8-9-10-17(2)23(6)16-33(21(34)22(3,4)5)15-20(23)18-11-13-19(14-12-18)24(35,25(27,28)29)26(30,31)32/h7-14,20,35H,2,15-16H2,1,3-6H3/b8-7-,10-9-/t20-,23+/m0/s1. The summed E-state index contributed by atoms with van der Waals surface area (Å²) in [5.74, 6) is -0.577. The zero-order chi connectivity index (χ0) is 27.0. The number of aliphatic hydroxyl groups is 1. The minimum Gasteiger partial charge on any atom is -0.369 e. The third kappa shape index (κ3) is 5.34. The van der Waals surface area contributed by atoms with Crippen molar-refractivity contribution in [3.63, 3.8) is 0 Å². The van der Waals surface area contributed by atoms with E-state index in [1.54, 1.807) is 43.9 Å². The number of nitrogens with zero attached hydrogens (tertiary/aromatic N) is 1. The summed E-state index contributed by atoms with van der Waals surface area (Å²) in [5.41, 5.74) is -6.63. The molecule has 0 bridgehead atoms. The molecule has 1 aromatic rings. The van der Waals surface area contributed by atoms with Crippen molar-refractivity contribution in [3.8, 4) is 0 Å². The van der Waals surface area contributed by atoms with Crippen molar-refractivity contribution in [1.29, 1.82) is 0 Å². The molecule has 1 fully saturated rings. The van der Waals surface area contributed by atoms with Gasteiger partial charge in [-0.2, -0.15) is 26.3 Å². The molecule has 2 rings (SSSR count). The Hall–Kier alpha value is -2.55. The van der Waals surface area contributed by atoms with Gasteiger partial charge in [0.15, 0.2) is 0 Å². The van der Waals surface area contributed by atoms with Crippen molar-refractivity contribution in [3.05, 3.63) is 71.8 Å². The molecule has 0 spiro atoms. The van der Waals surface area contributed by atoms with Gasteiger partial charge in [-0.05, 0) is 18.1 Å². The third-order valence-corrected chi connectivity index (χ3v) is 6.51. The van der Waals surface area contributed by atoms with E-state index < -0.39 is 40.3 Å². The highest BCUT2D eigenvalue weighted by Crippen LogP contribution is 2.52. The summed E-state index contributed by atoms with van der Waals surface area (Å²) in [6.07, 6.45) is -4.77. The van der Waals surface area contributed by atoms with E-state index in [1.807, 2.05) is 19.9 Å². The molecule has 1 amide bonds. The van der Waals surface area contributed by atoms with E-state index in [0.717, 1.165) is 12.1 Å². The van der Waals surface area contributed by atoms with Crippen LogP contribution in [0.2, 0.25) is 0 Å². The van der Waals surface area contributed by atoms with Gasteiger partial charge < -0.3 is 10.0 Å². The van der Waals surface area contributed by atoms with Gasteiger partial charge in [0.1, 0.15) is 0 Å². The number of hydrogen-bond donors (Lipinski definition) is 1. The number of halogens is 6. The maximum absolute atomic E-state index is 13.3. The number of allylic oxidation sites excluding steroid dienone is 4. The zero-order valence-electron chi connectivity index (χ0n) is 20.4. The molecule has 1 N–H and O–H groups in total. The van der Waals surface area contributed by atoms with Crippen LogP contribution in [0.25, 0.3) is 0 Å². The molecule has 1 aliphatic rings. The second-order valence-corrected chi connectivity index (χ2v) is 10.1. The van der Waals surface area contributed by atoms with Crippen LogP contribution in [0.4, 0.5) is 26.3 Å². The van der Waals surface area contributed by atoms with E-state index >= 15 is 0 Å². The van der Waals surface area contributed by atoms with Crippen molar-refractivity contribution in [1.82, 2.24) is 4.90 Å². The summed E-state index contributed by atoms with van der Waals surface area (Å²) >= 11 is 0. The van der Waals surface area contributed by atoms with Gasteiger partial charge in [-0.25, -0.2) is 0 Å². The lowest BCUT2D eigenvalue weighted by molar-refractivity contribution is -0.376. The molecule has 1 saturated heterocycles. The Balaban J connectivity index is 2.55. The normalized spacial score (nSPS) is 22.4. The van der Waals surface area contributed by atoms with Crippen LogP contribution < -0.4 is 0 Å². The van der Waals surface area contributed by atoms with Crippen molar-refractivity contribution in [2.45, 2.75) is 58.5 Å². The monoisotopic (exact) mass is 503 g/mol. The van der Waals surface area contributed by atoms with Crippen LogP contribution in [-0.4, -0.2) is 41.4 Å². The van der Waals surface area contributed by atoms with Gasteiger partial charge in [0.05, 0.1) is 0 Å². The van der Waals surface area contributed by atoms with Crippen molar-refractivity contribution in [2.75, 3.05) is 13.1 Å². The third-order valence-electron chi connectivity index (χ3n) is 6.51. The second-order valence-electron chi connectivity index (χ2n) is 10.1. The molecule has 1 aliphatic heterocycles. The molecule has 9 heteroatoms. The minimum absolute atomic E-state index is 0.128. The van der Waals surface area contributed by atoms with Gasteiger partial charge in [-0.15, -0.1) is 0 Å². The lowest BCUT2D eigenvalue weighted by atomic mass is 9.71. The molecule has 2 atom stereocenters. The smallest absolute Gasteiger partial charge is 0.369 e. The zero-order valence-corrected chi connectivity index (χ0v) is 20.4. The predicted octanol–water partition coefficient (Wildman–Crippen LogP) is 6.67. The van der Waals surface area contributed by atoms with E-state index in [0.29, 0.717) is 23.3 Å². The quantitative estimate of drug-likeness (QED) is 0.360. The van der Waals surface area contributed by atoms with Gasteiger partial charge >= 0.3 is 12.4 Å². The molecule has 0 unspecified atom stereocenters. The van der Waals surface area contributed by atoms with E-state index in [4.69, 9.17) is 0 Å². The highest BCUT2D eigenvalue weighted by atomic mass is 19.4. The van der Waals surface area contributed by atoms with Crippen LogP contribution >= 0.6 is 0 Å². The van der Waals surface area contributed by atoms with Crippen LogP contribution in [0.15, 0.2) is 60.7 Å². The Morgan fingerprint density at radius 2 is 1.57 bits per heavy atom. The molecular formula is C26H31F6NO2. The number of likely N-dealkylation sites (tertiary alicyclic amines) is 1. The summed E-state index contributed by atoms with van der Waals surface area (Å²) in [5, 5.41) is 9.70. The average Bonchev–Trinajstić information content (AvgIpc) is 3.09. The number of benzene rings is 1. The number of amides is 1. The second kappa shape index (κ2) is 9.48. The maximum Gasteiger partial charge on any atom is 0.430 e. The van der Waals surface area contributed by atoms with Crippen molar-refractivity contribution >= 4 is 5.91 Å². The van der Waals surface area contributed by atoms with Gasteiger partial charge in [0, 0.05) is 35.4 Å². The Labute approximate surface area is 201 Å². The molecular weight excluding hydrogens is 472 g/mol. The molecule has 1 heterocycles. The van der Waals surface area contributed by atoms with Crippen LogP contribution in [0.5, 0.6) is 0 Å². The first-order valence-corrected chi connectivity index (χ1v) is 11.0. The highest BCUT2D eigenvalue weighted by Gasteiger charge is 2.71. The van der Waals surface area contributed by atoms with Crippen LogP contribution in [0.1, 0.15) is 51.7 Å². The Bertz CT molecular complexity index is 985. The Morgan fingerprint density at radius 3 is 2.00 bits per heavy atom. The van der Waals surface area contributed by atoms with Crippen molar-refractivity contribution < 1.29 is 36.2 Å². The van der Waals surface area contributed by atoms with E-state index in [-0.39, 0.29) is 19.0 Å². The first kappa shape index (κ1) is 28.7. The van der Waals surface area contributed by atoms with Gasteiger partial charge in [-0.1, -0.05) is 82.8 Å². The fourth-order valence-electron chi connectivity index (χ4n) is 4.34. The van der Waals surface area contributed by atoms with Crippen LogP contribution in [-0.2, 0) is 10.4 Å². The van der Waals surface area contributed by atoms with Crippen LogP contribution in [0.3, 0.4) is 0 Å². The number of alkyl halides is 6. The summed E-state index contributed by atoms with van der Waals surface area (Å²) in [6, 6.07) is 3.58.